The molecule has 0 radical (unpaired) electrons. The zero-order valence-corrected chi connectivity index (χ0v) is 11.6. The molecule has 1 rings (SSSR count). The molecule has 0 saturated carbocycles. The molecule has 0 aromatic heterocycles. The topological polar surface area (TPSA) is 35.8 Å². The van der Waals surface area contributed by atoms with E-state index in [0.29, 0.717) is 6.04 Å². The molecule has 0 aliphatic heterocycles. The Labute approximate surface area is 108 Å². The zero-order valence-electron chi connectivity index (χ0n) is 10.7. The second kappa shape index (κ2) is 7.37. The summed E-state index contributed by atoms with van der Waals surface area (Å²) in [5, 5.41) is 12.2. The van der Waals surface area contributed by atoms with Crippen LogP contribution in [0, 0.1) is 18.3 Å². The van der Waals surface area contributed by atoms with Gasteiger partial charge in [-0.05, 0) is 39.3 Å². The summed E-state index contributed by atoms with van der Waals surface area (Å²) in [7, 11) is 0. The fourth-order valence-corrected chi connectivity index (χ4v) is 2.62. The summed E-state index contributed by atoms with van der Waals surface area (Å²) in [5.74, 6) is 0.974. The molecule has 0 spiro atoms. The molecule has 1 unspecified atom stereocenters. The normalized spacial score (nSPS) is 12.4. The van der Waals surface area contributed by atoms with Crippen LogP contribution >= 0.6 is 11.8 Å². The van der Waals surface area contributed by atoms with E-state index in [1.165, 1.54) is 10.5 Å². The molecule has 1 aromatic rings. The quantitative estimate of drug-likeness (QED) is 0.784. The fraction of sp³-hybridized carbons (Fsp3) is 0.500. The van der Waals surface area contributed by atoms with Gasteiger partial charge in [0, 0.05) is 16.7 Å². The summed E-state index contributed by atoms with van der Waals surface area (Å²) in [6.07, 6.45) is 0.882. The maximum Gasteiger partial charge on any atom is 0.0962 e. The Bertz CT molecular complexity index is 382. The van der Waals surface area contributed by atoms with Gasteiger partial charge in [0.25, 0.3) is 0 Å². The van der Waals surface area contributed by atoms with Crippen molar-refractivity contribution in [2.45, 2.75) is 44.2 Å². The van der Waals surface area contributed by atoms with Crippen molar-refractivity contribution in [1.29, 1.82) is 5.26 Å². The van der Waals surface area contributed by atoms with Gasteiger partial charge in [-0.3, -0.25) is 5.32 Å². The third kappa shape index (κ3) is 5.76. The van der Waals surface area contributed by atoms with Crippen molar-refractivity contribution >= 4 is 11.8 Å². The molecule has 1 aromatic carbocycles. The lowest BCUT2D eigenvalue weighted by molar-refractivity contribution is 0.522. The first-order valence-electron chi connectivity index (χ1n) is 5.97. The molecule has 0 heterocycles. The third-order valence-corrected chi connectivity index (χ3v) is 3.38. The first kappa shape index (κ1) is 14.1. The van der Waals surface area contributed by atoms with Gasteiger partial charge in [-0.1, -0.05) is 17.7 Å². The van der Waals surface area contributed by atoms with Crippen molar-refractivity contribution in [2.75, 3.05) is 5.75 Å². The van der Waals surface area contributed by atoms with Crippen LogP contribution in [0.15, 0.2) is 29.2 Å². The van der Waals surface area contributed by atoms with E-state index >= 15 is 0 Å². The molecule has 92 valence electrons. The molecule has 1 N–H and O–H groups in total. The zero-order chi connectivity index (χ0) is 12.7. The smallest absolute Gasteiger partial charge is 0.0962 e. The van der Waals surface area contributed by atoms with Crippen LogP contribution in [0.3, 0.4) is 0 Å². The number of nitrogens with zero attached hydrogens (tertiary/aromatic N) is 1. The van der Waals surface area contributed by atoms with Gasteiger partial charge in [-0.15, -0.1) is 11.8 Å². The Balaban J connectivity index is 2.34. The Morgan fingerprint density at radius 2 is 2.18 bits per heavy atom. The highest BCUT2D eigenvalue weighted by molar-refractivity contribution is 7.99. The lowest BCUT2D eigenvalue weighted by atomic mass is 10.2. The van der Waals surface area contributed by atoms with Crippen LogP contribution in [0.4, 0.5) is 0 Å². The Kier molecular flexibility index (Phi) is 6.10. The van der Waals surface area contributed by atoms with Crippen molar-refractivity contribution in [3.63, 3.8) is 0 Å². The van der Waals surface area contributed by atoms with Crippen LogP contribution in [0.1, 0.15) is 25.8 Å². The van der Waals surface area contributed by atoms with Gasteiger partial charge in [0.1, 0.15) is 0 Å². The van der Waals surface area contributed by atoms with E-state index in [9.17, 15) is 0 Å². The lowest BCUT2D eigenvalue weighted by Gasteiger charge is -2.14. The number of hydrogen-bond acceptors (Lipinski definition) is 3. The molecule has 17 heavy (non-hydrogen) atoms. The second-order valence-electron chi connectivity index (χ2n) is 4.46. The maximum absolute atomic E-state index is 8.99. The van der Waals surface area contributed by atoms with Crippen molar-refractivity contribution in [2.24, 2.45) is 0 Å². The standard InChI is InChI=1S/C14H20N2S/c1-11(2)16-13(10-15)7-8-17-14-6-4-5-12(3)9-14/h4-6,9,11,13,16H,7-8H2,1-3H3. The van der Waals surface area contributed by atoms with Crippen molar-refractivity contribution in [3.8, 4) is 6.07 Å². The number of benzene rings is 1. The maximum atomic E-state index is 8.99. The first-order chi connectivity index (χ1) is 8.11. The molecule has 0 fully saturated rings. The Hall–Kier alpha value is -0.980. The number of thioether (sulfide) groups is 1. The number of nitrogens with one attached hydrogen (secondary N) is 1. The van der Waals surface area contributed by atoms with E-state index in [-0.39, 0.29) is 6.04 Å². The molecule has 0 amide bonds. The van der Waals surface area contributed by atoms with Gasteiger partial charge < -0.3 is 0 Å². The largest absolute Gasteiger partial charge is 0.300 e. The van der Waals surface area contributed by atoms with E-state index in [1.807, 2.05) is 11.8 Å². The molecule has 0 bridgehead atoms. The minimum atomic E-state index is -0.0349. The highest BCUT2D eigenvalue weighted by Gasteiger charge is 2.08. The first-order valence-corrected chi connectivity index (χ1v) is 6.95. The highest BCUT2D eigenvalue weighted by atomic mass is 32.2. The highest BCUT2D eigenvalue weighted by Crippen LogP contribution is 2.20. The predicted octanol–water partition coefficient (Wildman–Crippen LogP) is 3.37. The summed E-state index contributed by atoms with van der Waals surface area (Å²) < 4.78 is 0. The molecule has 0 saturated heterocycles. The molecule has 2 nitrogen and oxygen atoms in total. The molecule has 0 aliphatic rings. The third-order valence-electron chi connectivity index (χ3n) is 2.36. The molecule has 1 atom stereocenters. The van der Waals surface area contributed by atoms with Crippen LogP contribution in [-0.2, 0) is 0 Å². The predicted molar refractivity (Wildman–Crippen MR) is 74.2 cm³/mol. The summed E-state index contributed by atoms with van der Waals surface area (Å²) >= 11 is 1.81. The number of rotatable bonds is 6. The SMILES string of the molecule is Cc1cccc(SCCC(C#N)NC(C)C)c1. The van der Waals surface area contributed by atoms with Gasteiger partial charge >= 0.3 is 0 Å². The van der Waals surface area contributed by atoms with E-state index in [0.717, 1.165) is 12.2 Å². The van der Waals surface area contributed by atoms with Crippen LogP contribution in [0.5, 0.6) is 0 Å². The molecular formula is C14H20N2S. The van der Waals surface area contributed by atoms with Crippen molar-refractivity contribution in [3.05, 3.63) is 29.8 Å². The van der Waals surface area contributed by atoms with Gasteiger partial charge in [-0.25, -0.2) is 0 Å². The number of hydrogen-bond donors (Lipinski definition) is 1. The minimum Gasteiger partial charge on any atom is -0.300 e. The second-order valence-corrected chi connectivity index (χ2v) is 5.63. The lowest BCUT2D eigenvalue weighted by Crippen LogP contribution is -2.33. The summed E-state index contributed by atoms with van der Waals surface area (Å²) in [4.78, 5) is 1.28. The average Bonchev–Trinajstić information content (AvgIpc) is 2.27. The average molecular weight is 248 g/mol. The molecule has 0 aliphatic carbocycles. The number of nitriles is 1. The monoisotopic (exact) mass is 248 g/mol. The van der Waals surface area contributed by atoms with E-state index in [1.54, 1.807) is 0 Å². The fourth-order valence-electron chi connectivity index (χ4n) is 1.59. The van der Waals surface area contributed by atoms with Crippen LogP contribution < -0.4 is 5.32 Å². The van der Waals surface area contributed by atoms with Gasteiger partial charge in [0.15, 0.2) is 0 Å². The molecule has 3 heteroatoms. The summed E-state index contributed by atoms with van der Waals surface area (Å²) in [6.45, 7) is 6.23. The van der Waals surface area contributed by atoms with Gasteiger partial charge in [0.2, 0.25) is 0 Å². The van der Waals surface area contributed by atoms with Gasteiger partial charge in [0.05, 0.1) is 12.1 Å². The molecular weight excluding hydrogens is 228 g/mol. The summed E-state index contributed by atoms with van der Waals surface area (Å²) in [6, 6.07) is 11.1. The van der Waals surface area contributed by atoms with Gasteiger partial charge in [-0.2, -0.15) is 5.26 Å². The van der Waals surface area contributed by atoms with Crippen LogP contribution in [0.25, 0.3) is 0 Å². The minimum absolute atomic E-state index is 0.0349. The number of aryl methyl sites for hydroxylation is 1. The van der Waals surface area contributed by atoms with Crippen LogP contribution in [0.2, 0.25) is 0 Å². The van der Waals surface area contributed by atoms with E-state index in [2.05, 4.69) is 56.4 Å². The van der Waals surface area contributed by atoms with E-state index < -0.39 is 0 Å². The Morgan fingerprint density at radius 3 is 2.76 bits per heavy atom. The van der Waals surface area contributed by atoms with E-state index in [4.69, 9.17) is 5.26 Å². The van der Waals surface area contributed by atoms with Crippen molar-refractivity contribution < 1.29 is 0 Å². The summed E-state index contributed by atoms with van der Waals surface area (Å²) in [5.41, 5.74) is 1.28. The van der Waals surface area contributed by atoms with Crippen LogP contribution in [-0.4, -0.2) is 17.8 Å². The van der Waals surface area contributed by atoms with Crippen molar-refractivity contribution in [1.82, 2.24) is 5.32 Å². The Morgan fingerprint density at radius 1 is 1.41 bits per heavy atom.